The SMILES string of the molecule is CCCC(CS)CN(C1CCCCC1)C1CCCCC1. The van der Waals surface area contributed by atoms with E-state index in [1.807, 2.05) is 0 Å². The van der Waals surface area contributed by atoms with E-state index in [1.165, 1.54) is 83.6 Å². The summed E-state index contributed by atoms with van der Waals surface area (Å²) in [6.45, 7) is 3.65. The van der Waals surface area contributed by atoms with Gasteiger partial charge in [-0.05, 0) is 43.8 Å². The average molecular weight is 298 g/mol. The lowest BCUT2D eigenvalue weighted by atomic mass is 9.87. The Kier molecular flexibility index (Phi) is 7.80. The van der Waals surface area contributed by atoms with Crippen LogP contribution in [0.5, 0.6) is 0 Å². The van der Waals surface area contributed by atoms with Crippen LogP contribution >= 0.6 is 12.6 Å². The van der Waals surface area contributed by atoms with Crippen molar-refractivity contribution in [1.29, 1.82) is 0 Å². The highest BCUT2D eigenvalue weighted by atomic mass is 32.1. The Morgan fingerprint density at radius 3 is 1.80 bits per heavy atom. The Bertz CT molecular complexity index is 226. The molecule has 0 N–H and O–H groups in total. The summed E-state index contributed by atoms with van der Waals surface area (Å²) < 4.78 is 0. The third-order valence-corrected chi connectivity index (χ3v) is 6.03. The van der Waals surface area contributed by atoms with Gasteiger partial charge in [-0.15, -0.1) is 0 Å². The highest BCUT2D eigenvalue weighted by molar-refractivity contribution is 7.80. The minimum atomic E-state index is 0.812. The third-order valence-electron chi connectivity index (χ3n) is 5.51. The predicted octanol–water partition coefficient (Wildman–Crippen LogP) is 5.30. The van der Waals surface area contributed by atoms with Crippen LogP contribution in [0.3, 0.4) is 0 Å². The van der Waals surface area contributed by atoms with Crippen molar-refractivity contribution in [2.24, 2.45) is 5.92 Å². The van der Waals surface area contributed by atoms with E-state index in [-0.39, 0.29) is 0 Å². The van der Waals surface area contributed by atoms with Gasteiger partial charge in [-0.1, -0.05) is 51.9 Å². The van der Waals surface area contributed by atoms with E-state index in [0.29, 0.717) is 0 Å². The van der Waals surface area contributed by atoms with Crippen LogP contribution in [0.4, 0.5) is 0 Å². The fourth-order valence-electron chi connectivity index (χ4n) is 4.37. The molecule has 0 aliphatic heterocycles. The third kappa shape index (κ3) is 4.94. The molecule has 2 fully saturated rings. The molecule has 2 heteroatoms. The van der Waals surface area contributed by atoms with Crippen LogP contribution in [0.1, 0.15) is 84.0 Å². The van der Waals surface area contributed by atoms with Crippen LogP contribution in [-0.4, -0.2) is 29.3 Å². The lowest BCUT2D eigenvalue weighted by Crippen LogP contribution is -2.47. The molecule has 20 heavy (non-hydrogen) atoms. The second-order valence-corrected chi connectivity index (χ2v) is 7.48. The summed E-state index contributed by atoms with van der Waals surface area (Å²) >= 11 is 4.63. The van der Waals surface area contributed by atoms with E-state index in [2.05, 4.69) is 24.5 Å². The van der Waals surface area contributed by atoms with E-state index in [4.69, 9.17) is 0 Å². The molecule has 118 valence electrons. The second kappa shape index (κ2) is 9.35. The minimum absolute atomic E-state index is 0.812. The zero-order valence-corrected chi connectivity index (χ0v) is 14.4. The molecule has 0 aromatic heterocycles. The van der Waals surface area contributed by atoms with Crippen molar-refractivity contribution in [2.45, 2.75) is 96.1 Å². The Morgan fingerprint density at radius 1 is 0.900 bits per heavy atom. The van der Waals surface area contributed by atoms with E-state index in [1.54, 1.807) is 0 Å². The Labute approximate surface area is 132 Å². The van der Waals surface area contributed by atoms with Gasteiger partial charge in [-0.3, -0.25) is 4.90 Å². The molecule has 0 amide bonds. The van der Waals surface area contributed by atoms with Crippen molar-refractivity contribution in [3.05, 3.63) is 0 Å². The standard InChI is InChI=1S/C18H35NS/c1-2-9-16(15-20)14-19(17-10-5-3-6-11-17)18-12-7-4-8-13-18/h16-18,20H,2-15H2,1H3. The van der Waals surface area contributed by atoms with Crippen molar-refractivity contribution in [3.63, 3.8) is 0 Å². The first kappa shape index (κ1) is 16.7. The quantitative estimate of drug-likeness (QED) is 0.624. The Morgan fingerprint density at radius 2 is 1.40 bits per heavy atom. The van der Waals surface area contributed by atoms with Crippen LogP contribution in [0, 0.1) is 5.92 Å². The normalized spacial score (nSPS) is 24.1. The number of hydrogen-bond acceptors (Lipinski definition) is 2. The Hall–Kier alpha value is 0.310. The van der Waals surface area contributed by atoms with Gasteiger partial charge in [0.05, 0.1) is 0 Å². The predicted molar refractivity (Wildman–Crippen MR) is 92.7 cm³/mol. The lowest BCUT2D eigenvalue weighted by molar-refractivity contribution is 0.0659. The molecular formula is C18H35NS. The molecule has 1 nitrogen and oxygen atoms in total. The summed E-state index contributed by atoms with van der Waals surface area (Å²) in [7, 11) is 0. The van der Waals surface area contributed by atoms with Gasteiger partial charge >= 0.3 is 0 Å². The molecule has 0 radical (unpaired) electrons. The summed E-state index contributed by atoms with van der Waals surface area (Å²) in [5.74, 6) is 1.89. The van der Waals surface area contributed by atoms with Crippen molar-refractivity contribution in [1.82, 2.24) is 4.90 Å². The molecule has 1 unspecified atom stereocenters. The van der Waals surface area contributed by atoms with Gasteiger partial charge in [0.2, 0.25) is 0 Å². The molecule has 0 aromatic carbocycles. The molecule has 2 aliphatic carbocycles. The fraction of sp³-hybridized carbons (Fsp3) is 1.00. The van der Waals surface area contributed by atoms with Crippen molar-refractivity contribution < 1.29 is 0 Å². The molecule has 2 saturated carbocycles. The number of hydrogen-bond donors (Lipinski definition) is 1. The molecular weight excluding hydrogens is 262 g/mol. The van der Waals surface area contributed by atoms with Crippen molar-refractivity contribution >= 4 is 12.6 Å². The van der Waals surface area contributed by atoms with E-state index in [9.17, 15) is 0 Å². The summed E-state index contributed by atoms with van der Waals surface area (Å²) in [5, 5.41) is 0. The van der Waals surface area contributed by atoms with E-state index < -0.39 is 0 Å². The van der Waals surface area contributed by atoms with Crippen LogP contribution in [-0.2, 0) is 0 Å². The average Bonchev–Trinajstić information content (AvgIpc) is 2.53. The minimum Gasteiger partial charge on any atom is -0.297 e. The van der Waals surface area contributed by atoms with Crippen molar-refractivity contribution in [3.8, 4) is 0 Å². The maximum Gasteiger partial charge on any atom is 0.00983 e. The van der Waals surface area contributed by atoms with Gasteiger partial charge in [0, 0.05) is 18.6 Å². The monoisotopic (exact) mass is 297 g/mol. The summed E-state index contributed by atoms with van der Waals surface area (Å²) in [6, 6.07) is 1.79. The number of nitrogens with zero attached hydrogens (tertiary/aromatic N) is 1. The Balaban J connectivity index is 1.97. The molecule has 1 atom stereocenters. The maximum atomic E-state index is 4.63. The van der Waals surface area contributed by atoms with Crippen LogP contribution in [0.25, 0.3) is 0 Å². The highest BCUT2D eigenvalue weighted by Gasteiger charge is 2.29. The fourth-order valence-corrected chi connectivity index (χ4v) is 4.67. The van der Waals surface area contributed by atoms with Gasteiger partial charge < -0.3 is 0 Å². The maximum absolute atomic E-state index is 4.63. The van der Waals surface area contributed by atoms with Crippen LogP contribution in [0.2, 0.25) is 0 Å². The van der Waals surface area contributed by atoms with Gasteiger partial charge in [0.25, 0.3) is 0 Å². The van der Waals surface area contributed by atoms with Gasteiger partial charge in [0.1, 0.15) is 0 Å². The smallest absolute Gasteiger partial charge is 0.00983 e. The molecule has 0 saturated heterocycles. The van der Waals surface area contributed by atoms with E-state index in [0.717, 1.165) is 23.8 Å². The highest BCUT2D eigenvalue weighted by Crippen LogP contribution is 2.31. The van der Waals surface area contributed by atoms with E-state index >= 15 is 0 Å². The second-order valence-electron chi connectivity index (χ2n) is 7.12. The van der Waals surface area contributed by atoms with Crippen LogP contribution < -0.4 is 0 Å². The summed E-state index contributed by atoms with van der Waals surface area (Å²) in [6.07, 6.45) is 17.3. The zero-order valence-electron chi connectivity index (χ0n) is 13.5. The first-order valence-corrected chi connectivity index (χ1v) is 9.85. The molecule has 0 bridgehead atoms. The first-order valence-electron chi connectivity index (χ1n) is 9.21. The lowest BCUT2D eigenvalue weighted by Gasteiger charge is -2.43. The molecule has 0 heterocycles. The summed E-state index contributed by atoms with van der Waals surface area (Å²) in [5.41, 5.74) is 0. The largest absolute Gasteiger partial charge is 0.297 e. The molecule has 2 aliphatic rings. The first-order chi connectivity index (χ1) is 9.85. The number of rotatable bonds is 7. The van der Waals surface area contributed by atoms with Gasteiger partial charge in [-0.2, -0.15) is 12.6 Å². The molecule has 0 spiro atoms. The molecule has 0 aromatic rings. The topological polar surface area (TPSA) is 3.24 Å². The summed E-state index contributed by atoms with van der Waals surface area (Å²) in [4.78, 5) is 2.95. The van der Waals surface area contributed by atoms with Gasteiger partial charge in [0.15, 0.2) is 0 Å². The van der Waals surface area contributed by atoms with Gasteiger partial charge in [-0.25, -0.2) is 0 Å². The van der Waals surface area contributed by atoms with Crippen LogP contribution in [0.15, 0.2) is 0 Å². The molecule has 2 rings (SSSR count). The zero-order chi connectivity index (χ0) is 14.2. The van der Waals surface area contributed by atoms with Crippen molar-refractivity contribution in [2.75, 3.05) is 12.3 Å². The number of thiol groups is 1.